The van der Waals surface area contributed by atoms with Crippen molar-refractivity contribution in [1.82, 2.24) is 30.0 Å². The van der Waals surface area contributed by atoms with Crippen LogP contribution in [0, 0.1) is 0 Å². The third kappa shape index (κ3) is 8.08. The largest absolute Gasteiger partial charge is 0.423 e. The highest BCUT2D eigenvalue weighted by molar-refractivity contribution is 5.79. The van der Waals surface area contributed by atoms with Gasteiger partial charge in [-0.1, -0.05) is 0 Å². The number of alkyl halides is 6. The zero-order valence-corrected chi connectivity index (χ0v) is 22.8. The highest BCUT2D eigenvalue weighted by atomic mass is 19.4. The molecule has 0 radical (unpaired) electrons. The van der Waals surface area contributed by atoms with Crippen LogP contribution in [0.5, 0.6) is 0 Å². The second-order valence-electron chi connectivity index (χ2n) is 10.3. The van der Waals surface area contributed by atoms with Crippen molar-refractivity contribution in [3.05, 3.63) is 40.1 Å². The van der Waals surface area contributed by atoms with Crippen LogP contribution in [0.3, 0.4) is 0 Å². The van der Waals surface area contributed by atoms with Gasteiger partial charge in [-0.25, -0.2) is 15.1 Å². The first-order valence-corrected chi connectivity index (χ1v) is 13.5. The normalized spacial score (nSPS) is 18.4. The number of aromatic nitrogens is 4. The predicted octanol–water partition coefficient (Wildman–Crippen LogP) is 2.62. The number of carbonyl (C=O) groups is 1. The zero-order chi connectivity index (χ0) is 30.5. The van der Waals surface area contributed by atoms with Crippen LogP contribution in [0.1, 0.15) is 37.3 Å². The van der Waals surface area contributed by atoms with E-state index in [-0.39, 0.29) is 31.0 Å². The Morgan fingerprint density at radius 1 is 1.02 bits per heavy atom. The highest BCUT2D eigenvalue weighted by Crippen LogP contribution is 2.32. The number of hydrogen-bond acceptors (Lipinski definition) is 9. The summed E-state index contributed by atoms with van der Waals surface area (Å²) in [6, 6.07) is -0.357. The fraction of sp³-hybridized carbons (Fsp3) is 0.640. The predicted molar refractivity (Wildman–Crippen MR) is 139 cm³/mol. The minimum atomic E-state index is -4.84. The molecule has 1 atom stereocenters. The SMILES string of the molecule is CC(COCCCN1CCN(C2CCN(c3ncc(C(F)(F)F)cn3)CC2)CC1=O)Nc1cn[nH]c(=O)c1C(F)(F)F. The number of nitrogens with zero attached hydrogens (tertiary/aromatic N) is 6. The standard InChI is InChI=1S/C25H32F6N8O3/c1-16(35-19-13-34-36-22(41)21(19)25(29,30)31)15-42-10-2-5-37-8-9-39(14-20(37)40)18-3-6-38(7-4-18)23-32-11-17(12-33-23)24(26,27)28/h11-13,16,18H,2-10,14-15H2,1H3,(H2,35,36,41). The number of piperazine rings is 1. The fourth-order valence-corrected chi connectivity index (χ4v) is 5.05. The number of anilines is 2. The van der Waals surface area contributed by atoms with Crippen LogP contribution in [0.4, 0.5) is 38.0 Å². The van der Waals surface area contributed by atoms with Crippen molar-refractivity contribution >= 4 is 17.5 Å². The summed E-state index contributed by atoms with van der Waals surface area (Å²) in [5, 5.41) is 7.81. The molecular formula is C25H32F6N8O3. The number of H-pyrrole nitrogens is 1. The minimum absolute atomic E-state index is 0.00809. The van der Waals surface area contributed by atoms with Crippen molar-refractivity contribution in [3.63, 3.8) is 0 Å². The third-order valence-electron chi connectivity index (χ3n) is 7.20. The van der Waals surface area contributed by atoms with Gasteiger partial charge in [0.15, 0.2) is 0 Å². The number of halogens is 6. The van der Waals surface area contributed by atoms with Gasteiger partial charge in [-0.2, -0.15) is 31.4 Å². The molecule has 0 saturated carbocycles. The van der Waals surface area contributed by atoms with Crippen molar-refractivity contribution in [3.8, 4) is 0 Å². The molecule has 2 saturated heterocycles. The Bertz CT molecular complexity index is 1250. The topological polar surface area (TPSA) is 120 Å². The van der Waals surface area contributed by atoms with E-state index in [9.17, 15) is 35.9 Å². The number of nitrogens with one attached hydrogen (secondary N) is 2. The number of ether oxygens (including phenoxy) is 1. The van der Waals surface area contributed by atoms with Crippen molar-refractivity contribution < 1.29 is 35.9 Å². The van der Waals surface area contributed by atoms with Crippen LogP contribution in [0.2, 0.25) is 0 Å². The molecule has 0 aromatic carbocycles. The molecule has 2 aromatic heterocycles. The molecule has 17 heteroatoms. The van der Waals surface area contributed by atoms with Gasteiger partial charge in [0.05, 0.1) is 30.6 Å². The lowest BCUT2D eigenvalue weighted by atomic mass is 10.0. The lowest BCUT2D eigenvalue weighted by molar-refractivity contribution is -0.139. The van der Waals surface area contributed by atoms with Gasteiger partial charge >= 0.3 is 12.4 Å². The summed E-state index contributed by atoms with van der Waals surface area (Å²) in [7, 11) is 0. The summed E-state index contributed by atoms with van der Waals surface area (Å²) in [6.07, 6.45) is -4.83. The van der Waals surface area contributed by atoms with Gasteiger partial charge in [0.25, 0.3) is 5.56 Å². The summed E-state index contributed by atoms with van der Waals surface area (Å²) in [5.41, 5.74) is -3.99. The van der Waals surface area contributed by atoms with Crippen LogP contribution in [0.25, 0.3) is 0 Å². The molecule has 2 aliphatic rings. The molecule has 0 aliphatic carbocycles. The highest BCUT2D eigenvalue weighted by Gasteiger charge is 2.38. The number of rotatable bonds is 10. The Morgan fingerprint density at radius 2 is 1.71 bits per heavy atom. The van der Waals surface area contributed by atoms with E-state index in [0.717, 1.165) is 31.4 Å². The Hall–Kier alpha value is -3.47. The average Bonchev–Trinajstić information content (AvgIpc) is 2.92. The molecule has 1 unspecified atom stereocenters. The first-order chi connectivity index (χ1) is 19.8. The van der Waals surface area contributed by atoms with E-state index in [4.69, 9.17) is 4.74 Å². The molecule has 2 N–H and O–H groups in total. The van der Waals surface area contributed by atoms with Gasteiger partial charge in [-0.3, -0.25) is 14.5 Å². The van der Waals surface area contributed by atoms with Crippen molar-refractivity contribution in [1.29, 1.82) is 0 Å². The first kappa shape index (κ1) is 31.5. The van der Waals surface area contributed by atoms with E-state index in [2.05, 4.69) is 25.3 Å². The number of aromatic amines is 1. The van der Waals surface area contributed by atoms with Gasteiger partial charge in [-0.15, -0.1) is 0 Å². The van der Waals surface area contributed by atoms with E-state index < -0.39 is 40.8 Å². The molecule has 2 aliphatic heterocycles. The minimum Gasteiger partial charge on any atom is -0.379 e. The Balaban J connectivity index is 1.13. The average molecular weight is 607 g/mol. The van der Waals surface area contributed by atoms with Crippen LogP contribution >= 0.6 is 0 Å². The molecule has 232 valence electrons. The maximum absolute atomic E-state index is 13.2. The summed E-state index contributed by atoms with van der Waals surface area (Å²) >= 11 is 0. The quantitative estimate of drug-likeness (QED) is 0.311. The first-order valence-electron chi connectivity index (χ1n) is 13.5. The van der Waals surface area contributed by atoms with Gasteiger partial charge in [-0.05, 0) is 26.2 Å². The van der Waals surface area contributed by atoms with Gasteiger partial charge in [0.1, 0.15) is 5.56 Å². The van der Waals surface area contributed by atoms with E-state index in [1.807, 2.05) is 4.90 Å². The number of amides is 1. The summed E-state index contributed by atoms with van der Waals surface area (Å²) < 4.78 is 83.4. The molecule has 2 fully saturated rings. The maximum atomic E-state index is 13.2. The molecule has 0 spiro atoms. The number of hydrogen-bond donors (Lipinski definition) is 2. The van der Waals surface area contributed by atoms with E-state index in [1.165, 1.54) is 0 Å². The van der Waals surface area contributed by atoms with Crippen LogP contribution in [0.15, 0.2) is 23.4 Å². The molecule has 4 heterocycles. The summed E-state index contributed by atoms with van der Waals surface area (Å²) in [6.45, 7) is 5.14. The molecule has 4 rings (SSSR count). The van der Waals surface area contributed by atoms with Gasteiger partial charge < -0.3 is 19.9 Å². The summed E-state index contributed by atoms with van der Waals surface area (Å²) in [5.74, 6) is 0.249. The maximum Gasteiger partial charge on any atom is 0.423 e. The molecule has 42 heavy (non-hydrogen) atoms. The lowest BCUT2D eigenvalue weighted by Gasteiger charge is -2.42. The third-order valence-corrected chi connectivity index (χ3v) is 7.20. The van der Waals surface area contributed by atoms with Crippen molar-refractivity contribution in [2.45, 2.75) is 50.6 Å². The molecule has 0 bridgehead atoms. The van der Waals surface area contributed by atoms with Crippen LogP contribution in [-0.2, 0) is 21.9 Å². The van der Waals surface area contributed by atoms with Crippen molar-refractivity contribution in [2.24, 2.45) is 0 Å². The summed E-state index contributed by atoms with van der Waals surface area (Å²) in [4.78, 5) is 37.8. The van der Waals surface area contributed by atoms with E-state index in [0.29, 0.717) is 45.8 Å². The van der Waals surface area contributed by atoms with Crippen LogP contribution in [-0.4, -0.2) is 100 Å². The molecule has 2 aromatic rings. The van der Waals surface area contributed by atoms with Crippen molar-refractivity contribution in [2.75, 3.05) is 62.7 Å². The Labute approximate surface area is 237 Å². The number of piperidine rings is 1. The van der Waals surface area contributed by atoms with Crippen LogP contribution < -0.4 is 15.8 Å². The lowest BCUT2D eigenvalue weighted by Crippen LogP contribution is -2.56. The smallest absolute Gasteiger partial charge is 0.379 e. The second kappa shape index (κ2) is 13.2. The molecule has 1 amide bonds. The van der Waals surface area contributed by atoms with Gasteiger partial charge in [0.2, 0.25) is 11.9 Å². The van der Waals surface area contributed by atoms with E-state index >= 15 is 0 Å². The monoisotopic (exact) mass is 606 g/mol. The number of carbonyl (C=O) groups excluding carboxylic acids is 1. The van der Waals surface area contributed by atoms with E-state index in [1.54, 1.807) is 16.9 Å². The fourth-order valence-electron chi connectivity index (χ4n) is 5.05. The second-order valence-corrected chi connectivity index (χ2v) is 10.3. The van der Waals surface area contributed by atoms with Gasteiger partial charge in [0, 0.05) is 63.8 Å². The molecular weight excluding hydrogens is 574 g/mol. The zero-order valence-electron chi connectivity index (χ0n) is 22.8. The molecule has 11 nitrogen and oxygen atoms in total. The Morgan fingerprint density at radius 3 is 2.33 bits per heavy atom. The Kier molecular flexibility index (Phi) is 9.91.